The number of aliphatic hydroxyl groups is 1. The number of oxime groups is 1. The molecule has 1 aliphatic carbocycles. The Bertz CT molecular complexity index is 1230. The van der Waals surface area contributed by atoms with Crippen molar-refractivity contribution >= 4 is 11.5 Å². The van der Waals surface area contributed by atoms with E-state index in [0.29, 0.717) is 62.2 Å². The molecule has 40 heavy (non-hydrogen) atoms. The van der Waals surface area contributed by atoms with Crippen LogP contribution in [0.25, 0.3) is 0 Å². The van der Waals surface area contributed by atoms with Crippen LogP contribution in [0, 0.1) is 0 Å². The van der Waals surface area contributed by atoms with Crippen molar-refractivity contribution in [2.75, 3.05) is 27.2 Å². The van der Waals surface area contributed by atoms with Gasteiger partial charge in [-0.3, -0.25) is 9.78 Å². The molecule has 1 saturated carbocycles. The number of carbonyl (C=O) groups is 1. The zero-order valence-corrected chi connectivity index (χ0v) is 22.8. The van der Waals surface area contributed by atoms with Gasteiger partial charge >= 0.3 is 6.18 Å². The van der Waals surface area contributed by atoms with Crippen molar-refractivity contribution < 1.29 is 27.9 Å². The van der Waals surface area contributed by atoms with E-state index in [-0.39, 0.29) is 18.2 Å². The Kier molecular flexibility index (Phi) is 8.02. The van der Waals surface area contributed by atoms with Crippen LogP contribution >= 0.6 is 0 Å². The Morgan fingerprint density at radius 2 is 1.98 bits per heavy atom. The summed E-state index contributed by atoms with van der Waals surface area (Å²) >= 11 is 0. The highest BCUT2D eigenvalue weighted by Gasteiger charge is 2.49. The monoisotopic (exact) mass is 559 g/mol. The van der Waals surface area contributed by atoms with Gasteiger partial charge in [-0.05, 0) is 76.5 Å². The molecule has 2 aromatic rings. The van der Waals surface area contributed by atoms with Crippen LogP contribution in [0.1, 0.15) is 60.9 Å². The molecular formula is C29H36F3N5O3. The van der Waals surface area contributed by atoms with E-state index in [4.69, 9.17) is 4.84 Å². The number of benzene rings is 1. The van der Waals surface area contributed by atoms with E-state index in [1.54, 1.807) is 6.07 Å². The lowest BCUT2D eigenvalue weighted by molar-refractivity contribution is -0.137. The molecule has 11 heteroatoms. The Morgan fingerprint density at radius 3 is 2.60 bits per heavy atom. The highest BCUT2D eigenvalue weighted by Crippen LogP contribution is 2.38. The van der Waals surface area contributed by atoms with Gasteiger partial charge in [-0.1, -0.05) is 23.4 Å². The smallest absolute Gasteiger partial charge is 0.384 e. The second-order valence-corrected chi connectivity index (χ2v) is 11.5. The number of ketones is 1. The molecule has 0 spiro atoms. The van der Waals surface area contributed by atoms with Crippen molar-refractivity contribution in [3.05, 3.63) is 65.0 Å². The summed E-state index contributed by atoms with van der Waals surface area (Å²) in [5.74, 6) is -0.151. The first-order chi connectivity index (χ1) is 19.0. The van der Waals surface area contributed by atoms with Crippen LogP contribution in [-0.2, 0) is 28.0 Å². The molecule has 2 atom stereocenters. The molecule has 2 fully saturated rings. The predicted octanol–water partition coefficient (Wildman–Crippen LogP) is 3.38. The van der Waals surface area contributed by atoms with Crippen LogP contribution in [0.4, 0.5) is 13.2 Å². The van der Waals surface area contributed by atoms with E-state index < -0.39 is 29.0 Å². The molecule has 0 bridgehead atoms. The zero-order valence-electron chi connectivity index (χ0n) is 22.8. The molecule has 1 saturated heterocycles. The fraction of sp³-hybridized carbons (Fsp3) is 0.552. The van der Waals surface area contributed by atoms with Gasteiger partial charge in [-0.2, -0.15) is 13.2 Å². The Morgan fingerprint density at radius 1 is 1.20 bits per heavy atom. The van der Waals surface area contributed by atoms with Gasteiger partial charge < -0.3 is 25.5 Å². The standard InChI is InChI=1S/C29H36F3N5O3/c1-37(2)17-19-6-7-25(34-16-19)28(39)10-8-22(9-11-28)35-27(12-13-33-18-27)26(38)24-15-23(36-40-24)20-4-3-5-21(14-20)29(30,31)32/h3-7,14,16,22,24,33,35,39H,8-13,15,17-18H2,1-2H3/t22?,24?,27-,28?/m0/s1. The van der Waals surface area contributed by atoms with Gasteiger partial charge in [0.2, 0.25) is 0 Å². The highest BCUT2D eigenvalue weighted by molar-refractivity contribution is 6.06. The van der Waals surface area contributed by atoms with E-state index in [1.165, 1.54) is 6.07 Å². The van der Waals surface area contributed by atoms with Crippen molar-refractivity contribution in [1.82, 2.24) is 20.5 Å². The summed E-state index contributed by atoms with van der Waals surface area (Å²) in [5, 5.41) is 22.2. The molecule has 5 rings (SSSR count). The lowest BCUT2D eigenvalue weighted by atomic mass is 9.78. The maximum atomic E-state index is 13.8. The minimum Gasteiger partial charge on any atom is -0.384 e. The number of Topliss-reactive ketones (excluding diaryl/α,β-unsaturated/α-hetero) is 1. The number of aromatic nitrogens is 1. The van der Waals surface area contributed by atoms with E-state index >= 15 is 0 Å². The lowest BCUT2D eigenvalue weighted by Gasteiger charge is -2.40. The van der Waals surface area contributed by atoms with Gasteiger partial charge in [0.05, 0.1) is 22.5 Å². The molecule has 2 aliphatic heterocycles. The number of alkyl halides is 3. The number of rotatable bonds is 8. The van der Waals surface area contributed by atoms with Gasteiger partial charge in [-0.15, -0.1) is 0 Å². The molecule has 0 amide bonds. The molecule has 1 unspecified atom stereocenters. The van der Waals surface area contributed by atoms with Crippen molar-refractivity contribution in [2.45, 2.75) is 74.5 Å². The maximum absolute atomic E-state index is 13.8. The first-order valence-electron chi connectivity index (χ1n) is 13.7. The van der Waals surface area contributed by atoms with Gasteiger partial charge in [0, 0.05) is 37.3 Å². The number of pyridine rings is 1. The molecule has 3 N–H and O–H groups in total. The second-order valence-electron chi connectivity index (χ2n) is 11.5. The number of hydrogen-bond donors (Lipinski definition) is 3. The number of nitrogens with zero attached hydrogens (tertiary/aromatic N) is 3. The third kappa shape index (κ3) is 6.07. The molecule has 8 nitrogen and oxygen atoms in total. The van der Waals surface area contributed by atoms with Crippen LogP contribution in [0.3, 0.4) is 0 Å². The summed E-state index contributed by atoms with van der Waals surface area (Å²) in [7, 11) is 3.99. The van der Waals surface area contributed by atoms with Gasteiger partial charge in [0.1, 0.15) is 5.60 Å². The van der Waals surface area contributed by atoms with Crippen LogP contribution in [-0.4, -0.2) is 71.4 Å². The summed E-state index contributed by atoms with van der Waals surface area (Å²) in [4.78, 5) is 25.9. The normalized spacial score (nSPS) is 28.9. The fourth-order valence-corrected chi connectivity index (χ4v) is 6.01. The average molecular weight is 560 g/mol. The van der Waals surface area contributed by atoms with Crippen LogP contribution in [0.2, 0.25) is 0 Å². The quantitative estimate of drug-likeness (QED) is 0.456. The first-order valence-corrected chi connectivity index (χ1v) is 13.7. The molecule has 3 aliphatic rings. The van der Waals surface area contributed by atoms with Crippen LogP contribution in [0.15, 0.2) is 47.8 Å². The third-order valence-electron chi connectivity index (χ3n) is 8.20. The van der Waals surface area contributed by atoms with Crippen molar-refractivity contribution in [1.29, 1.82) is 0 Å². The number of hydrogen-bond acceptors (Lipinski definition) is 8. The van der Waals surface area contributed by atoms with Gasteiger partial charge in [-0.25, -0.2) is 0 Å². The molecule has 3 heterocycles. The predicted molar refractivity (Wildman–Crippen MR) is 144 cm³/mol. The maximum Gasteiger partial charge on any atom is 0.416 e. The third-order valence-corrected chi connectivity index (χ3v) is 8.20. The minimum absolute atomic E-state index is 0.0161. The van der Waals surface area contributed by atoms with Gasteiger partial charge in [0.25, 0.3) is 0 Å². The zero-order chi connectivity index (χ0) is 28.5. The van der Waals surface area contributed by atoms with Crippen LogP contribution < -0.4 is 10.6 Å². The Balaban J connectivity index is 1.21. The number of halogens is 3. The van der Waals surface area contributed by atoms with E-state index in [2.05, 4.69) is 25.7 Å². The lowest BCUT2D eigenvalue weighted by Crippen LogP contribution is -2.61. The van der Waals surface area contributed by atoms with E-state index in [0.717, 1.165) is 24.2 Å². The average Bonchev–Trinajstić information content (AvgIpc) is 3.60. The summed E-state index contributed by atoms with van der Waals surface area (Å²) in [6.45, 7) is 1.87. The summed E-state index contributed by atoms with van der Waals surface area (Å²) in [5.41, 5.74) is -0.268. The second kappa shape index (κ2) is 11.2. The van der Waals surface area contributed by atoms with Crippen LogP contribution in [0.5, 0.6) is 0 Å². The molecule has 216 valence electrons. The number of carbonyl (C=O) groups excluding carboxylic acids is 1. The van der Waals surface area contributed by atoms with Gasteiger partial charge in [0.15, 0.2) is 11.9 Å². The minimum atomic E-state index is -4.47. The first kappa shape index (κ1) is 28.7. The van der Waals surface area contributed by atoms with Crippen molar-refractivity contribution in [2.24, 2.45) is 5.16 Å². The Hall–Kier alpha value is -2.86. The van der Waals surface area contributed by atoms with Crippen molar-refractivity contribution in [3.8, 4) is 0 Å². The summed E-state index contributed by atoms with van der Waals surface area (Å²) < 4.78 is 39.5. The largest absolute Gasteiger partial charge is 0.416 e. The number of nitrogens with one attached hydrogen (secondary N) is 2. The van der Waals surface area contributed by atoms with Crippen molar-refractivity contribution in [3.63, 3.8) is 0 Å². The fourth-order valence-electron chi connectivity index (χ4n) is 6.01. The topological polar surface area (TPSA) is 99.1 Å². The highest BCUT2D eigenvalue weighted by atomic mass is 19.4. The molecular weight excluding hydrogens is 523 g/mol. The molecule has 1 aromatic carbocycles. The SMILES string of the molecule is CN(C)Cc1ccc(C2(O)CCC(N[C@@]3(C(=O)C4CC(c5cccc(C(F)(F)F)c5)=NO4)CCNC3)CC2)nc1. The summed E-state index contributed by atoms with van der Waals surface area (Å²) in [6, 6.07) is 8.84. The Labute approximate surface area is 232 Å². The van der Waals surface area contributed by atoms with E-state index in [1.807, 2.05) is 32.4 Å². The summed E-state index contributed by atoms with van der Waals surface area (Å²) in [6.07, 6.45) is -0.462. The molecule has 0 radical (unpaired) electrons. The van der Waals surface area contributed by atoms with E-state index in [9.17, 15) is 23.1 Å². The molecule has 1 aromatic heterocycles.